The van der Waals surface area contributed by atoms with Crippen LogP contribution in [-0.4, -0.2) is 40.5 Å². The quantitative estimate of drug-likeness (QED) is 0.887. The van der Waals surface area contributed by atoms with Gasteiger partial charge in [-0.3, -0.25) is 0 Å². The molecule has 2 aromatic heterocycles. The summed E-state index contributed by atoms with van der Waals surface area (Å²) in [5.41, 5.74) is 6.35. The third-order valence-electron chi connectivity index (χ3n) is 3.16. The van der Waals surface area contributed by atoms with E-state index in [1.165, 1.54) is 11.5 Å². The summed E-state index contributed by atoms with van der Waals surface area (Å²) in [6.07, 6.45) is 1.70. The number of aromatic nitrogens is 3. The van der Waals surface area contributed by atoms with Crippen molar-refractivity contribution in [3.63, 3.8) is 0 Å². The zero-order chi connectivity index (χ0) is 13.2. The van der Waals surface area contributed by atoms with Crippen LogP contribution in [0.4, 0.5) is 16.6 Å². The summed E-state index contributed by atoms with van der Waals surface area (Å²) in [5, 5.41) is 1.02. The molecule has 3 heterocycles. The fourth-order valence-electron chi connectivity index (χ4n) is 2.13. The highest BCUT2D eigenvalue weighted by Crippen LogP contribution is 2.21. The topological polar surface area (TPSA) is 71.2 Å². The van der Waals surface area contributed by atoms with Crippen molar-refractivity contribution in [1.29, 1.82) is 0 Å². The smallest absolute Gasteiger partial charge is 0.205 e. The molecule has 19 heavy (non-hydrogen) atoms. The van der Waals surface area contributed by atoms with Crippen LogP contribution in [0.2, 0.25) is 0 Å². The summed E-state index contributed by atoms with van der Waals surface area (Å²) in [5.74, 6) is 1.84. The molecule has 0 aromatic carbocycles. The largest absolute Gasteiger partial charge is 0.397 e. The lowest BCUT2D eigenvalue weighted by Crippen LogP contribution is -2.46. The molecule has 1 fully saturated rings. The maximum Gasteiger partial charge on any atom is 0.205 e. The lowest BCUT2D eigenvalue weighted by atomic mass is 10.3. The number of nitrogens with two attached hydrogens (primary N) is 1. The zero-order valence-electron chi connectivity index (χ0n) is 10.8. The molecular weight excluding hydrogens is 260 g/mol. The van der Waals surface area contributed by atoms with Gasteiger partial charge in [0.05, 0.1) is 11.9 Å². The van der Waals surface area contributed by atoms with Gasteiger partial charge in [-0.2, -0.15) is 4.37 Å². The Morgan fingerprint density at radius 3 is 2.47 bits per heavy atom. The van der Waals surface area contributed by atoms with Crippen LogP contribution < -0.4 is 15.5 Å². The predicted octanol–water partition coefficient (Wildman–Crippen LogP) is 1.15. The molecule has 2 N–H and O–H groups in total. The van der Waals surface area contributed by atoms with E-state index < -0.39 is 0 Å². The Hall–Kier alpha value is -1.89. The molecule has 0 bridgehead atoms. The van der Waals surface area contributed by atoms with E-state index in [1.807, 2.05) is 19.1 Å². The van der Waals surface area contributed by atoms with E-state index in [2.05, 4.69) is 24.1 Å². The first-order chi connectivity index (χ1) is 9.22. The van der Waals surface area contributed by atoms with Crippen LogP contribution in [0.1, 0.15) is 5.82 Å². The Kier molecular flexibility index (Phi) is 3.20. The Morgan fingerprint density at radius 2 is 1.89 bits per heavy atom. The minimum atomic E-state index is 0.701. The number of hydrogen-bond acceptors (Lipinski definition) is 7. The highest BCUT2D eigenvalue weighted by Gasteiger charge is 2.20. The van der Waals surface area contributed by atoms with Crippen molar-refractivity contribution in [3.05, 3.63) is 24.2 Å². The average molecular weight is 276 g/mol. The summed E-state index contributed by atoms with van der Waals surface area (Å²) in [4.78, 5) is 13.3. The molecule has 3 rings (SSSR count). The number of pyridine rings is 1. The monoisotopic (exact) mass is 276 g/mol. The zero-order valence-corrected chi connectivity index (χ0v) is 11.6. The molecule has 7 heteroatoms. The minimum absolute atomic E-state index is 0.701. The summed E-state index contributed by atoms with van der Waals surface area (Å²) in [6, 6.07) is 3.86. The molecule has 0 saturated carbocycles. The second kappa shape index (κ2) is 5.00. The molecule has 0 radical (unpaired) electrons. The maximum atomic E-state index is 5.65. The van der Waals surface area contributed by atoms with Crippen LogP contribution in [-0.2, 0) is 0 Å². The number of nitrogen functional groups attached to an aromatic ring is 1. The Bertz CT molecular complexity index is 544. The van der Waals surface area contributed by atoms with E-state index in [4.69, 9.17) is 5.73 Å². The van der Waals surface area contributed by atoms with Gasteiger partial charge >= 0.3 is 0 Å². The fraction of sp³-hybridized carbons (Fsp3) is 0.417. The van der Waals surface area contributed by atoms with Gasteiger partial charge < -0.3 is 15.5 Å². The van der Waals surface area contributed by atoms with E-state index >= 15 is 0 Å². The predicted molar refractivity (Wildman–Crippen MR) is 77.7 cm³/mol. The minimum Gasteiger partial charge on any atom is -0.397 e. The second-order valence-corrected chi connectivity index (χ2v) is 5.28. The number of hydrogen-bond donors (Lipinski definition) is 1. The molecular formula is C12H16N6S. The van der Waals surface area contributed by atoms with E-state index in [1.54, 1.807) is 6.20 Å². The summed E-state index contributed by atoms with van der Waals surface area (Å²) >= 11 is 1.47. The first kappa shape index (κ1) is 12.2. The third kappa shape index (κ3) is 2.60. The normalized spacial score (nSPS) is 15.8. The van der Waals surface area contributed by atoms with Crippen LogP contribution in [0.5, 0.6) is 0 Å². The number of piperazine rings is 1. The molecule has 100 valence electrons. The highest BCUT2D eigenvalue weighted by atomic mass is 32.1. The number of nitrogens with zero attached hydrogens (tertiary/aromatic N) is 5. The van der Waals surface area contributed by atoms with E-state index in [0.29, 0.717) is 5.69 Å². The van der Waals surface area contributed by atoms with Crippen molar-refractivity contribution in [1.82, 2.24) is 14.3 Å². The lowest BCUT2D eigenvalue weighted by molar-refractivity contribution is 0.646. The Labute approximate surface area is 116 Å². The SMILES string of the molecule is Cc1nsc(N2CCN(c3ccc(N)cn3)CC2)n1. The van der Waals surface area contributed by atoms with Crippen molar-refractivity contribution in [2.75, 3.05) is 41.7 Å². The van der Waals surface area contributed by atoms with Crippen LogP contribution in [0.3, 0.4) is 0 Å². The van der Waals surface area contributed by atoms with Gasteiger partial charge in [-0.1, -0.05) is 0 Å². The average Bonchev–Trinajstić information content (AvgIpc) is 2.87. The van der Waals surface area contributed by atoms with Crippen LogP contribution in [0, 0.1) is 6.92 Å². The molecule has 6 nitrogen and oxygen atoms in total. The third-order valence-corrected chi connectivity index (χ3v) is 4.03. The Balaban J connectivity index is 1.64. The van der Waals surface area contributed by atoms with Crippen LogP contribution in [0.15, 0.2) is 18.3 Å². The van der Waals surface area contributed by atoms with Gasteiger partial charge in [-0.15, -0.1) is 0 Å². The van der Waals surface area contributed by atoms with Crippen molar-refractivity contribution < 1.29 is 0 Å². The van der Waals surface area contributed by atoms with Crippen LogP contribution >= 0.6 is 11.5 Å². The van der Waals surface area contributed by atoms with E-state index in [9.17, 15) is 0 Å². The standard InChI is InChI=1S/C12H16N6S/c1-9-15-12(19-16-9)18-6-4-17(5-7-18)11-3-2-10(13)8-14-11/h2-3,8H,4-7,13H2,1H3. The van der Waals surface area contributed by atoms with Gasteiger partial charge in [0.2, 0.25) is 5.13 Å². The van der Waals surface area contributed by atoms with Crippen molar-refractivity contribution >= 4 is 28.2 Å². The van der Waals surface area contributed by atoms with Gasteiger partial charge in [-0.05, 0) is 19.1 Å². The van der Waals surface area contributed by atoms with Crippen LogP contribution in [0.25, 0.3) is 0 Å². The molecule has 0 spiro atoms. The first-order valence-corrected chi connectivity index (χ1v) is 7.01. The molecule has 0 atom stereocenters. The van der Waals surface area contributed by atoms with Crippen molar-refractivity contribution in [2.24, 2.45) is 0 Å². The van der Waals surface area contributed by atoms with Gasteiger partial charge in [-0.25, -0.2) is 9.97 Å². The van der Waals surface area contributed by atoms with Gasteiger partial charge in [0.1, 0.15) is 11.6 Å². The molecule has 0 amide bonds. The number of anilines is 3. The first-order valence-electron chi connectivity index (χ1n) is 6.24. The second-order valence-electron chi connectivity index (χ2n) is 4.55. The molecule has 1 saturated heterocycles. The van der Waals surface area contributed by atoms with Gasteiger partial charge in [0.15, 0.2) is 0 Å². The van der Waals surface area contributed by atoms with Crippen molar-refractivity contribution in [2.45, 2.75) is 6.92 Å². The molecule has 0 aliphatic carbocycles. The number of aryl methyl sites for hydroxylation is 1. The van der Waals surface area contributed by atoms with Crippen molar-refractivity contribution in [3.8, 4) is 0 Å². The lowest BCUT2D eigenvalue weighted by Gasteiger charge is -2.35. The molecule has 0 unspecified atom stereocenters. The van der Waals surface area contributed by atoms with Gasteiger partial charge in [0.25, 0.3) is 0 Å². The molecule has 1 aliphatic heterocycles. The summed E-state index contributed by atoms with van der Waals surface area (Å²) < 4.78 is 4.23. The highest BCUT2D eigenvalue weighted by molar-refractivity contribution is 7.09. The maximum absolute atomic E-state index is 5.65. The van der Waals surface area contributed by atoms with Gasteiger partial charge in [0, 0.05) is 37.7 Å². The Morgan fingerprint density at radius 1 is 1.16 bits per heavy atom. The molecule has 1 aliphatic rings. The summed E-state index contributed by atoms with van der Waals surface area (Å²) in [6.45, 7) is 5.70. The van der Waals surface area contributed by atoms with E-state index in [-0.39, 0.29) is 0 Å². The fourth-order valence-corrected chi connectivity index (χ4v) is 2.85. The molecule has 2 aromatic rings. The van der Waals surface area contributed by atoms with E-state index in [0.717, 1.165) is 43.0 Å². The number of rotatable bonds is 2. The summed E-state index contributed by atoms with van der Waals surface area (Å²) in [7, 11) is 0.